The minimum absolute atomic E-state index is 0.106. The quantitative estimate of drug-likeness (QED) is 0.663. The van der Waals surface area contributed by atoms with Crippen molar-refractivity contribution in [3.63, 3.8) is 0 Å². The van der Waals surface area contributed by atoms with Gasteiger partial charge in [-0.25, -0.2) is 4.98 Å². The molecule has 9 nitrogen and oxygen atoms in total. The van der Waals surface area contributed by atoms with E-state index in [1.54, 1.807) is 4.90 Å². The van der Waals surface area contributed by atoms with E-state index in [1.165, 1.54) is 11.0 Å². The lowest BCUT2D eigenvalue weighted by atomic mass is 10.3. The number of piperazine rings is 1. The molecular formula is C20H24N8O. The number of nitrogens with zero attached hydrogens (tertiary/aromatic N) is 8. The van der Waals surface area contributed by atoms with Crippen molar-refractivity contribution in [2.45, 2.75) is 6.92 Å². The maximum absolute atomic E-state index is 12.8. The molecule has 4 rings (SSSR count). The number of hydrogen-bond acceptors (Lipinski definition) is 7. The molecule has 1 fully saturated rings. The second-order valence-electron chi connectivity index (χ2n) is 7.20. The molecule has 29 heavy (non-hydrogen) atoms. The smallest absolute Gasteiger partial charge is 0.276 e. The highest BCUT2D eigenvalue weighted by Gasteiger charge is 2.25. The van der Waals surface area contributed by atoms with Crippen LogP contribution in [0.15, 0.2) is 42.6 Å². The number of rotatable bonds is 4. The third-order valence-electron chi connectivity index (χ3n) is 4.83. The van der Waals surface area contributed by atoms with Crippen LogP contribution in [0.2, 0.25) is 0 Å². The van der Waals surface area contributed by atoms with Gasteiger partial charge in [0.2, 0.25) is 5.95 Å². The van der Waals surface area contributed by atoms with Gasteiger partial charge in [-0.15, -0.1) is 5.10 Å². The van der Waals surface area contributed by atoms with Gasteiger partial charge in [0.25, 0.3) is 5.91 Å². The first-order chi connectivity index (χ1) is 14.0. The summed E-state index contributed by atoms with van der Waals surface area (Å²) in [4.78, 5) is 29.4. The van der Waals surface area contributed by atoms with E-state index < -0.39 is 0 Å². The third kappa shape index (κ3) is 4.03. The van der Waals surface area contributed by atoms with E-state index in [4.69, 9.17) is 0 Å². The van der Waals surface area contributed by atoms with Gasteiger partial charge in [0.1, 0.15) is 5.82 Å². The molecule has 1 aliphatic heterocycles. The van der Waals surface area contributed by atoms with Crippen molar-refractivity contribution in [3.05, 3.63) is 54.0 Å². The molecule has 3 aromatic rings. The second-order valence-corrected chi connectivity index (χ2v) is 7.20. The van der Waals surface area contributed by atoms with E-state index in [1.807, 2.05) is 62.3 Å². The van der Waals surface area contributed by atoms with Crippen molar-refractivity contribution >= 4 is 17.7 Å². The normalized spacial score (nSPS) is 14.2. The molecule has 1 aliphatic rings. The number of carbonyl (C=O) groups is 1. The summed E-state index contributed by atoms with van der Waals surface area (Å²) in [6, 6.07) is 11.5. The van der Waals surface area contributed by atoms with E-state index in [9.17, 15) is 4.79 Å². The molecule has 2 aromatic heterocycles. The Hall–Kier alpha value is -3.49. The van der Waals surface area contributed by atoms with Crippen molar-refractivity contribution in [2.75, 3.05) is 50.1 Å². The van der Waals surface area contributed by atoms with Gasteiger partial charge < -0.3 is 14.7 Å². The van der Waals surface area contributed by atoms with Gasteiger partial charge in [-0.2, -0.15) is 14.9 Å². The molecule has 1 aromatic carbocycles. The first kappa shape index (κ1) is 18.9. The van der Waals surface area contributed by atoms with Gasteiger partial charge in [0, 0.05) is 52.0 Å². The van der Waals surface area contributed by atoms with E-state index in [-0.39, 0.29) is 5.91 Å². The van der Waals surface area contributed by atoms with Crippen LogP contribution >= 0.6 is 0 Å². The van der Waals surface area contributed by atoms with Crippen LogP contribution in [-0.2, 0) is 0 Å². The molecular weight excluding hydrogens is 368 g/mol. The first-order valence-corrected chi connectivity index (χ1v) is 9.56. The molecule has 0 spiro atoms. The molecule has 3 heterocycles. The Bertz CT molecular complexity index is 993. The van der Waals surface area contributed by atoms with Crippen LogP contribution in [-0.4, -0.2) is 76.0 Å². The Kier molecular flexibility index (Phi) is 5.11. The van der Waals surface area contributed by atoms with E-state index >= 15 is 0 Å². The number of anilines is 2. The van der Waals surface area contributed by atoms with Gasteiger partial charge in [-0.3, -0.25) is 4.79 Å². The summed E-state index contributed by atoms with van der Waals surface area (Å²) in [5.74, 6) is 1.48. The molecule has 150 valence electrons. The Morgan fingerprint density at radius 3 is 2.45 bits per heavy atom. The Morgan fingerprint density at radius 2 is 1.76 bits per heavy atom. The minimum Gasteiger partial charge on any atom is -0.363 e. The fourth-order valence-corrected chi connectivity index (χ4v) is 3.23. The number of aryl methyl sites for hydroxylation is 1. The van der Waals surface area contributed by atoms with Crippen LogP contribution in [0.1, 0.15) is 16.2 Å². The molecule has 9 heteroatoms. The lowest BCUT2D eigenvalue weighted by molar-refractivity contribution is 0.0740. The summed E-state index contributed by atoms with van der Waals surface area (Å²) in [5.41, 5.74) is 2.10. The van der Waals surface area contributed by atoms with Crippen LogP contribution in [0, 0.1) is 6.92 Å². The van der Waals surface area contributed by atoms with Gasteiger partial charge in [-0.05, 0) is 19.1 Å². The maximum Gasteiger partial charge on any atom is 0.276 e. The number of amides is 1. The van der Waals surface area contributed by atoms with E-state index in [0.717, 1.165) is 17.2 Å². The third-order valence-corrected chi connectivity index (χ3v) is 4.83. The summed E-state index contributed by atoms with van der Waals surface area (Å²) in [6.45, 7) is 4.50. The van der Waals surface area contributed by atoms with Crippen molar-refractivity contribution in [1.82, 2.24) is 29.9 Å². The summed E-state index contributed by atoms with van der Waals surface area (Å²) in [5, 5.41) is 8.57. The molecule has 0 atom stereocenters. The highest BCUT2D eigenvalue weighted by atomic mass is 16.2. The predicted molar refractivity (Wildman–Crippen MR) is 111 cm³/mol. The number of benzene rings is 1. The molecule has 0 radical (unpaired) electrons. The zero-order valence-corrected chi connectivity index (χ0v) is 16.9. The van der Waals surface area contributed by atoms with E-state index in [2.05, 4.69) is 25.1 Å². The average molecular weight is 392 g/mol. The SMILES string of the molecule is Cc1cc(N(C)C)nc(N2CCN(C(=O)c3cnn(-c4ccccc4)n3)CC2)n1. The lowest BCUT2D eigenvalue weighted by Crippen LogP contribution is -2.49. The van der Waals surface area contributed by atoms with Crippen molar-refractivity contribution in [1.29, 1.82) is 0 Å². The second kappa shape index (κ2) is 7.86. The van der Waals surface area contributed by atoms with E-state index in [0.29, 0.717) is 37.8 Å². The Balaban J connectivity index is 1.42. The minimum atomic E-state index is -0.106. The molecule has 0 bridgehead atoms. The van der Waals surface area contributed by atoms with Crippen molar-refractivity contribution in [2.24, 2.45) is 0 Å². The molecule has 0 saturated carbocycles. The Labute approximate surface area is 169 Å². The Morgan fingerprint density at radius 1 is 1.03 bits per heavy atom. The largest absolute Gasteiger partial charge is 0.363 e. The highest BCUT2D eigenvalue weighted by molar-refractivity contribution is 5.92. The van der Waals surface area contributed by atoms with Crippen LogP contribution in [0.4, 0.5) is 11.8 Å². The standard InChI is InChI=1S/C20H24N8O/c1-15-13-18(25(2)3)23-20(22-15)27-11-9-26(10-12-27)19(29)17-14-21-28(24-17)16-7-5-4-6-8-16/h4-8,13-14H,9-12H2,1-3H3. The van der Waals surface area contributed by atoms with Crippen LogP contribution in [0.3, 0.4) is 0 Å². The van der Waals surface area contributed by atoms with Crippen LogP contribution in [0.25, 0.3) is 5.69 Å². The van der Waals surface area contributed by atoms with Gasteiger partial charge in [0.15, 0.2) is 5.69 Å². The highest BCUT2D eigenvalue weighted by Crippen LogP contribution is 2.18. The van der Waals surface area contributed by atoms with Crippen molar-refractivity contribution in [3.8, 4) is 5.69 Å². The predicted octanol–water partition coefficient (Wildman–Crippen LogP) is 1.39. The zero-order chi connectivity index (χ0) is 20.4. The fourth-order valence-electron chi connectivity index (χ4n) is 3.23. The molecule has 1 saturated heterocycles. The van der Waals surface area contributed by atoms with Crippen LogP contribution in [0.5, 0.6) is 0 Å². The number of hydrogen-bond donors (Lipinski definition) is 0. The number of aromatic nitrogens is 5. The fraction of sp³-hybridized carbons (Fsp3) is 0.350. The lowest BCUT2D eigenvalue weighted by Gasteiger charge is -2.34. The monoisotopic (exact) mass is 392 g/mol. The number of carbonyl (C=O) groups excluding carboxylic acids is 1. The summed E-state index contributed by atoms with van der Waals surface area (Å²) in [6.07, 6.45) is 1.52. The summed E-state index contributed by atoms with van der Waals surface area (Å²) in [7, 11) is 3.93. The molecule has 0 unspecified atom stereocenters. The first-order valence-electron chi connectivity index (χ1n) is 9.56. The molecule has 0 N–H and O–H groups in total. The maximum atomic E-state index is 12.8. The van der Waals surface area contributed by atoms with Gasteiger partial charge in [0.05, 0.1) is 11.9 Å². The van der Waals surface area contributed by atoms with Crippen LogP contribution < -0.4 is 9.80 Å². The molecule has 1 amide bonds. The number of para-hydroxylation sites is 1. The topological polar surface area (TPSA) is 83.3 Å². The van der Waals surface area contributed by atoms with Crippen molar-refractivity contribution < 1.29 is 4.79 Å². The summed E-state index contributed by atoms with van der Waals surface area (Å²) < 4.78 is 0. The summed E-state index contributed by atoms with van der Waals surface area (Å²) >= 11 is 0. The molecule has 0 aliphatic carbocycles. The average Bonchev–Trinajstić information content (AvgIpc) is 3.24. The van der Waals surface area contributed by atoms with Gasteiger partial charge in [-0.1, -0.05) is 18.2 Å². The van der Waals surface area contributed by atoms with Gasteiger partial charge >= 0.3 is 0 Å². The zero-order valence-electron chi connectivity index (χ0n) is 16.9.